The van der Waals surface area contributed by atoms with E-state index in [4.69, 9.17) is 14.7 Å². The second-order valence-electron chi connectivity index (χ2n) is 7.92. The molecule has 1 amide bonds. The molecule has 29 heavy (non-hydrogen) atoms. The lowest BCUT2D eigenvalue weighted by Gasteiger charge is -2.19. The summed E-state index contributed by atoms with van der Waals surface area (Å²) in [6, 6.07) is 15.6. The summed E-state index contributed by atoms with van der Waals surface area (Å²) in [5, 5.41) is 8.93. The highest BCUT2D eigenvalue weighted by molar-refractivity contribution is 5.79. The summed E-state index contributed by atoms with van der Waals surface area (Å²) >= 11 is 0. The van der Waals surface area contributed by atoms with Crippen molar-refractivity contribution in [1.82, 2.24) is 4.90 Å². The van der Waals surface area contributed by atoms with Crippen LogP contribution in [0.5, 0.6) is 11.5 Å². The SMILES string of the molecule is COc1ccc([C@H]2CC(=O)N(Cc3ccc(C#N)cc3)C2)cc1OC1CCCC1. The first kappa shape index (κ1) is 19.3. The first-order chi connectivity index (χ1) is 14.2. The Morgan fingerprint density at radius 1 is 1.10 bits per heavy atom. The van der Waals surface area contributed by atoms with Crippen LogP contribution < -0.4 is 9.47 Å². The number of nitriles is 1. The van der Waals surface area contributed by atoms with E-state index in [9.17, 15) is 4.79 Å². The molecule has 1 heterocycles. The van der Waals surface area contributed by atoms with Crippen LogP contribution in [0.4, 0.5) is 0 Å². The fourth-order valence-electron chi connectivity index (χ4n) is 4.28. The Morgan fingerprint density at radius 3 is 2.55 bits per heavy atom. The molecule has 2 fully saturated rings. The maximum absolute atomic E-state index is 12.6. The predicted octanol–water partition coefficient (Wildman–Crippen LogP) is 4.40. The van der Waals surface area contributed by atoms with E-state index in [1.807, 2.05) is 29.2 Å². The minimum absolute atomic E-state index is 0.151. The Labute approximate surface area is 171 Å². The van der Waals surface area contributed by atoms with E-state index in [0.717, 1.165) is 35.5 Å². The molecule has 1 aliphatic carbocycles. The summed E-state index contributed by atoms with van der Waals surface area (Å²) in [5.41, 5.74) is 2.79. The van der Waals surface area contributed by atoms with E-state index in [-0.39, 0.29) is 17.9 Å². The van der Waals surface area contributed by atoms with E-state index in [0.29, 0.717) is 25.1 Å². The van der Waals surface area contributed by atoms with Gasteiger partial charge in [0.05, 0.1) is 24.8 Å². The summed E-state index contributed by atoms with van der Waals surface area (Å²) in [5.74, 6) is 1.85. The Morgan fingerprint density at radius 2 is 1.86 bits per heavy atom. The molecule has 5 heteroatoms. The van der Waals surface area contributed by atoms with Crippen molar-refractivity contribution in [2.75, 3.05) is 13.7 Å². The van der Waals surface area contributed by atoms with Crippen LogP contribution in [-0.2, 0) is 11.3 Å². The van der Waals surface area contributed by atoms with Gasteiger partial charge in [0.25, 0.3) is 0 Å². The highest BCUT2D eigenvalue weighted by Gasteiger charge is 2.31. The number of carbonyl (C=O) groups excluding carboxylic acids is 1. The second-order valence-corrected chi connectivity index (χ2v) is 7.92. The van der Waals surface area contributed by atoms with Crippen LogP contribution in [0.3, 0.4) is 0 Å². The number of hydrogen-bond acceptors (Lipinski definition) is 4. The van der Waals surface area contributed by atoms with Crippen LogP contribution in [0.2, 0.25) is 0 Å². The maximum Gasteiger partial charge on any atom is 0.223 e. The van der Waals surface area contributed by atoms with Gasteiger partial charge in [-0.1, -0.05) is 18.2 Å². The molecule has 2 aromatic carbocycles. The van der Waals surface area contributed by atoms with Gasteiger partial charge < -0.3 is 14.4 Å². The van der Waals surface area contributed by atoms with Gasteiger partial charge in [-0.3, -0.25) is 4.79 Å². The molecule has 2 aromatic rings. The van der Waals surface area contributed by atoms with Crippen molar-refractivity contribution >= 4 is 5.91 Å². The van der Waals surface area contributed by atoms with Gasteiger partial charge in [0, 0.05) is 25.4 Å². The first-order valence-electron chi connectivity index (χ1n) is 10.3. The molecule has 0 N–H and O–H groups in total. The lowest BCUT2D eigenvalue weighted by atomic mass is 9.98. The molecule has 5 nitrogen and oxygen atoms in total. The van der Waals surface area contributed by atoms with Crippen molar-refractivity contribution in [3.05, 3.63) is 59.2 Å². The van der Waals surface area contributed by atoms with Crippen molar-refractivity contribution < 1.29 is 14.3 Å². The number of ether oxygens (including phenoxy) is 2. The maximum atomic E-state index is 12.6. The molecule has 2 aliphatic rings. The van der Waals surface area contributed by atoms with Crippen LogP contribution in [0.25, 0.3) is 0 Å². The number of methoxy groups -OCH3 is 1. The van der Waals surface area contributed by atoms with Crippen LogP contribution in [-0.4, -0.2) is 30.6 Å². The van der Waals surface area contributed by atoms with Gasteiger partial charge in [-0.2, -0.15) is 5.26 Å². The van der Waals surface area contributed by atoms with E-state index in [2.05, 4.69) is 12.1 Å². The summed E-state index contributed by atoms with van der Waals surface area (Å²) < 4.78 is 11.7. The Balaban J connectivity index is 1.46. The summed E-state index contributed by atoms with van der Waals surface area (Å²) in [6.07, 6.45) is 5.38. The molecule has 1 saturated heterocycles. The van der Waals surface area contributed by atoms with Crippen molar-refractivity contribution in [2.24, 2.45) is 0 Å². The van der Waals surface area contributed by atoms with E-state index in [1.54, 1.807) is 19.2 Å². The van der Waals surface area contributed by atoms with E-state index >= 15 is 0 Å². The third kappa shape index (κ3) is 4.37. The van der Waals surface area contributed by atoms with Crippen molar-refractivity contribution in [2.45, 2.75) is 50.7 Å². The monoisotopic (exact) mass is 390 g/mol. The zero-order chi connectivity index (χ0) is 20.2. The van der Waals surface area contributed by atoms with Crippen LogP contribution in [0, 0.1) is 11.3 Å². The third-order valence-electron chi connectivity index (χ3n) is 5.93. The molecule has 1 aliphatic heterocycles. The molecule has 0 aromatic heterocycles. The number of likely N-dealkylation sites (tertiary alicyclic amines) is 1. The van der Waals surface area contributed by atoms with Gasteiger partial charge >= 0.3 is 0 Å². The van der Waals surface area contributed by atoms with E-state index < -0.39 is 0 Å². The number of nitrogens with zero attached hydrogens (tertiary/aromatic N) is 2. The highest BCUT2D eigenvalue weighted by atomic mass is 16.5. The average Bonchev–Trinajstić information content (AvgIpc) is 3.38. The fourth-order valence-corrected chi connectivity index (χ4v) is 4.28. The quantitative estimate of drug-likeness (QED) is 0.733. The molecule has 1 atom stereocenters. The van der Waals surface area contributed by atoms with Gasteiger partial charge in [-0.15, -0.1) is 0 Å². The number of hydrogen-bond donors (Lipinski definition) is 0. The minimum Gasteiger partial charge on any atom is -0.493 e. The fraction of sp³-hybridized carbons (Fsp3) is 0.417. The Hall–Kier alpha value is -3.00. The predicted molar refractivity (Wildman–Crippen MR) is 110 cm³/mol. The number of rotatable bonds is 6. The van der Waals surface area contributed by atoms with Gasteiger partial charge in [0.1, 0.15) is 0 Å². The lowest BCUT2D eigenvalue weighted by Crippen LogP contribution is -2.24. The number of carbonyl (C=O) groups is 1. The number of benzene rings is 2. The number of amides is 1. The van der Waals surface area contributed by atoms with Gasteiger partial charge in [0.2, 0.25) is 5.91 Å². The minimum atomic E-state index is 0.151. The van der Waals surface area contributed by atoms with Crippen LogP contribution >= 0.6 is 0 Å². The largest absolute Gasteiger partial charge is 0.493 e. The molecule has 1 saturated carbocycles. The molecule has 0 unspecified atom stereocenters. The van der Waals surface area contributed by atoms with Crippen LogP contribution in [0.1, 0.15) is 54.7 Å². The normalized spacial score (nSPS) is 19.4. The molecule has 0 spiro atoms. The average molecular weight is 390 g/mol. The molecule has 150 valence electrons. The topological polar surface area (TPSA) is 62.6 Å². The van der Waals surface area contributed by atoms with Crippen molar-refractivity contribution in [3.8, 4) is 17.6 Å². The van der Waals surface area contributed by atoms with Gasteiger partial charge in [0.15, 0.2) is 11.5 Å². The molecular weight excluding hydrogens is 364 g/mol. The van der Waals surface area contributed by atoms with Gasteiger partial charge in [-0.25, -0.2) is 0 Å². The zero-order valence-electron chi connectivity index (χ0n) is 16.8. The van der Waals surface area contributed by atoms with Crippen LogP contribution in [0.15, 0.2) is 42.5 Å². The lowest BCUT2D eigenvalue weighted by molar-refractivity contribution is -0.128. The third-order valence-corrected chi connectivity index (χ3v) is 5.93. The van der Waals surface area contributed by atoms with Crippen molar-refractivity contribution in [3.63, 3.8) is 0 Å². The second kappa shape index (κ2) is 8.57. The molecular formula is C24H26N2O3. The highest BCUT2D eigenvalue weighted by Crippen LogP contribution is 2.37. The zero-order valence-corrected chi connectivity index (χ0v) is 16.8. The molecule has 0 radical (unpaired) electrons. The van der Waals surface area contributed by atoms with E-state index in [1.165, 1.54) is 12.8 Å². The standard InChI is InChI=1S/C24H26N2O3/c1-28-22-11-10-19(12-23(22)29-21-4-2-3-5-21)20-13-24(27)26(16-20)15-18-8-6-17(14-25)7-9-18/h6-12,20-21H,2-5,13,15-16H2,1H3/t20-/m0/s1. The summed E-state index contributed by atoms with van der Waals surface area (Å²) in [4.78, 5) is 14.5. The molecule has 4 rings (SSSR count). The first-order valence-corrected chi connectivity index (χ1v) is 10.3. The van der Waals surface area contributed by atoms with Crippen molar-refractivity contribution in [1.29, 1.82) is 5.26 Å². The Kier molecular flexibility index (Phi) is 5.71. The summed E-state index contributed by atoms with van der Waals surface area (Å²) in [7, 11) is 1.66. The summed E-state index contributed by atoms with van der Waals surface area (Å²) in [6.45, 7) is 1.26. The smallest absolute Gasteiger partial charge is 0.223 e. The Bertz CT molecular complexity index is 911. The molecule has 0 bridgehead atoms. The van der Waals surface area contributed by atoms with Gasteiger partial charge in [-0.05, 0) is 61.1 Å².